The SMILES string of the molecule is C[C@@H](Cc1c[nH]c2ccccc12)NC(=O)CNC(=O)c1ccc2nc(-n3cccc3)sc2c1. The molecule has 166 valence electrons. The Balaban J connectivity index is 1.17. The molecule has 8 heteroatoms. The van der Waals surface area contributed by atoms with Gasteiger partial charge in [-0.05, 0) is 55.3 Å². The van der Waals surface area contributed by atoms with Gasteiger partial charge in [0.15, 0.2) is 5.13 Å². The van der Waals surface area contributed by atoms with Crippen LogP contribution in [0, 0.1) is 0 Å². The molecule has 2 aromatic carbocycles. The van der Waals surface area contributed by atoms with Crippen LogP contribution in [0.1, 0.15) is 22.8 Å². The first-order valence-electron chi connectivity index (χ1n) is 10.7. The van der Waals surface area contributed by atoms with Gasteiger partial charge in [-0.2, -0.15) is 0 Å². The number of aromatic nitrogens is 3. The highest BCUT2D eigenvalue weighted by Gasteiger charge is 2.14. The Hall–Kier alpha value is -3.91. The van der Waals surface area contributed by atoms with Crippen molar-refractivity contribution in [2.45, 2.75) is 19.4 Å². The number of aromatic amines is 1. The van der Waals surface area contributed by atoms with Crippen LogP contribution < -0.4 is 10.6 Å². The zero-order valence-corrected chi connectivity index (χ0v) is 18.9. The van der Waals surface area contributed by atoms with Gasteiger partial charge in [-0.15, -0.1) is 0 Å². The smallest absolute Gasteiger partial charge is 0.251 e. The molecule has 0 bridgehead atoms. The van der Waals surface area contributed by atoms with E-state index in [1.165, 1.54) is 11.3 Å². The highest BCUT2D eigenvalue weighted by Crippen LogP contribution is 2.26. The quantitative estimate of drug-likeness (QED) is 0.344. The molecule has 1 atom stereocenters. The molecule has 0 aliphatic heterocycles. The second kappa shape index (κ2) is 8.91. The third-order valence-electron chi connectivity index (χ3n) is 5.48. The Kier molecular flexibility index (Phi) is 5.66. The number of para-hydroxylation sites is 1. The predicted molar refractivity (Wildman–Crippen MR) is 131 cm³/mol. The summed E-state index contributed by atoms with van der Waals surface area (Å²) >= 11 is 1.51. The third-order valence-corrected chi connectivity index (χ3v) is 6.51. The number of benzene rings is 2. The molecule has 0 aliphatic carbocycles. The number of amides is 2. The second-order valence-electron chi connectivity index (χ2n) is 7.98. The Bertz CT molecular complexity index is 1430. The molecule has 0 fully saturated rings. The molecule has 0 saturated heterocycles. The minimum absolute atomic E-state index is 0.0609. The molecule has 0 unspecified atom stereocenters. The Morgan fingerprint density at radius 2 is 1.94 bits per heavy atom. The fourth-order valence-electron chi connectivity index (χ4n) is 3.90. The first-order chi connectivity index (χ1) is 16.1. The van der Waals surface area contributed by atoms with Crippen molar-refractivity contribution >= 4 is 44.3 Å². The van der Waals surface area contributed by atoms with Crippen LogP contribution in [0.25, 0.3) is 26.3 Å². The lowest BCUT2D eigenvalue weighted by atomic mass is 10.1. The Morgan fingerprint density at radius 1 is 1.12 bits per heavy atom. The van der Waals surface area contributed by atoms with Crippen LogP contribution >= 0.6 is 11.3 Å². The monoisotopic (exact) mass is 457 g/mol. The lowest BCUT2D eigenvalue weighted by molar-refractivity contribution is -0.120. The van der Waals surface area contributed by atoms with E-state index in [1.807, 2.05) is 72.5 Å². The topological polar surface area (TPSA) is 91.8 Å². The van der Waals surface area contributed by atoms with E-state index in [2.05, 4.69) is 26.7 Å². The first-order valence-corrected chi connectivity index (χ1v) is 11.5. The number of carbonyl (C=O) groups is 2. The van der Waals surface area contributed by atoms with Crippen LogP contribution in [0.15, 0.2) is 73.2 Å². The zero-order chi connectivity index (χ0) is 22.8. The largest absolute Gasteiger partial charge is 0.361 e. The number of thiazole rings is 1. The zero-order valence-electron chi connectivity index (χ0n) is 18.0. The van der Waals surface area contributed by atoms with Gasteiger partial charge in [0.05, 0.1) is 16.8 Å². The van der Waals surface area contributed by atoms with Gasteiger partial charge in [-0.3, -0.25) is 9.59 Å². The molecule has 3 heterocycles. The highest BCUT2D eigenvalue weighted by molar-refractivity contribution is 7.20. The van der Waals surface area contributed by atoms with Gasteiger partial charge < -0.3 is 20.2 Å². The molecule has 33 heavy (non-hydrogen) atoms. The molecule has 5 aromatic rings. The average molecular weight is 458 g/mol. The number of carbonyl (C=O) groups excluding carboxylic acids is 2. The van der Waals surface area contributed by atoms with E-state index in [4.69, 9.17) is 0 Å². The fraction of sp³-hybridized carbons (Fsp3) is 0.160. The summed E-state index contributed by atoms with van der Waals surface area (Å²) in [6, 6.07) is 17.3. The van der Waals surface area contributed by atoms with E-state index in [1.54, 1.807) is 6.07 Å². The molecule has 0 aliphatic rings. The van der Waals surface area contributed by atoms with Crippen molar-refractivity contribution < 1.29 is 9.59 Å². The summed E-state index contributed by atoms with van der Waals surface area (Å²) in [6.07, 6.45) is 6.55. The molecule has 5 rings (SSSR count). The molecule has 0 spiro atoms. The van der Waals surface area contributed by atoms with Crippen LogP contribution in [0.3, 0.4) is 0 Å². The number of rotatable bonds is 7. The molecule has 0 saturated carbocycles. The highest BCUT2D eigenvalue weighted by atomic mass is 32.1. The Labute approximate surface area is 194 Å². The molecule has 3 aromatic heterocycles. The third kappa shape index (κ3) is 4.51. The average Bonchev–Trinajstić information content (AvgIpc) is 3.56. The van der Waals surface area contributed by atoms with Crippen molar-refractivity contribution in [2.75, 3.05) is 6.54 Å². The molecular weight excluding hydrogens is 434 g/mol. The number of fused-ring (bicyclic) bond motifs is 2. The van der Waals surface area contributed by atoms with Crippen LogP contribution in [-0.4, -0.2) is 38.9 Å². The maximum atomic E-state index is 12.6. The van der Waals surface area contributed by atoms with Crippen molar-refractivity contribution in [2.24, 2.45) is 0 Å². The van der Waals surface area contributed by atoms with Gasteiger partial charge in [0.1, 0.15) is 0 Å². The summed E-state index contributed by atoms with van der Waals surface area (Å²) in [5.41, 5.74) is 3.57. The summed E-state index contributed by atoms with van der Waals surface area (Å²) in [6.45, 7) is 1.88. The van der Waals surface area contributed by atoms with Gasteiger partial charge in [-0.1, -0.05) is 29.5 Å². The summed E-state index contributed by atoms with van der Waals surface area (Å²) < 4.78 is 2.86. The van der Waals surface area contributed by atoms with Gasteiger partial charge in [0.25, 0.3) is 5.91 Å². The Morgan fingerprint density at radius 3 is 2.79 bits per heavy atom. The van der Waals surface area contributed by atoms with Gasteiger partial charge in [-0.25, -0.2) is 4.98 Å². The lowest BCUT2D eigenvalue weighted by Crippen LogP contribution is -2.41. The van der Waals surface area contributed by atoms with Gasteiger partial charge in [0.2, 0.25) is 5.91 Å². The number of nitrogens with one attached hydrogen (secondary N) is 3. The minimum atomic E-state index is -0.285. The first kappa shape index (κ1) is 21.0. The lowest BCUT2D eigenvalue weighted by Gasteiger charge is -2.14. The van der Waals surface area contributed by atoms with Crippen molar-refractivity contribution in [3.8, 4) is 5.13 Å². The van der Waals surface area contributed by atoms with Crippen molar-refractivity contribution in [1.29, 1.82) is 0 Å². The van der Waals surface area contributed by atoms with Crippen LogP contribution in [0.2, 0.25) is 0 Å². The van der Waals surface area contributed by atoms with E-state index in [9.17, 15) is 9.59 Å². The summed E-state index contributed by atoms with van der Waals surface area (Å²) in [4.78, 5) is 32.8. The molecule has 7 nitrogen and oxygen atoms in total. The minimum Gasteiger partial charge on any atom is -0.361 e. The number of H-pyrrole nitrogens is 1. The number of hydrogen-bond donors (Lipinski definition) is 3. The van der Waals surface area contributed by atoms with Crippen molar-refractivity contribution in [1.82, 2.24) is 25.2 Å². The molecule has 0 radical (unpaired) electrons. The van der Waals surface area contributed by atoms with E-state index < -0.39 is 0 Å². The van der Waals surface area contributed by atoms with Gasteiger partial charge >= 0.3 is 0 Å². The van der Waals surface area contributed by atoms with E-state index in [0.717, 1.165) is 31.8 Å². The van der Waals surface area contributed by atoms with Gasteiger partial charge in [0, 0.05) is 41.1 Å². The van der Waals surface area contributed by atoms with E-state index in [-0.39, 0.29) is 24.4 Å². The van der Waals surface area contributed by atoms with Crippen molar-refractivity contribution in [3.63, 3.8) is 0 Å². The predicted octanol–water partition coefficient (Wildman–Crippen LogP) is 4.05. The van der Waals surface area contributed by atoms with E-state index >= 15 is 0 Å². The van der Waals surface area contributed by atoms with E-state index in [0.29, 0.717) is 12.0 Å². The second-order valence-corrected chi connectivity index (χ2v) is 8.99. The summed E-state index contributed by atoms with van der Waals surface area (Å²) in [5.74, 6) is -0.503. The molecule has 2 amide bonds. The standard InChI is InChI=1S/C25H23N5O2S/c1-16(12-18-14-26-20-7-3-2-6-19(18)20)28-23(31)15-27-24(32)17-8-9-21-22(13-17)33-25(29-21)30-10-4-5-11-30/h2-11,13-14,16,26H,12,15H2,1H3,(H,27,32)(H,28,31)/t16-/m0/s1. The van der Waals surface area contributed by atoms with Crippen LogP contribution in [-0.2, 0) is 11.2 Å². The summed E-state index contributed by atoms with van der Waals surface area (Å²) in [7, 11) is 0. The van der Waals surface area contributed by atoms with Crippen LogP contribution in [0.4, 0.5) is 0 Å². The fourth-order valence-corrected chi connectivity index (χ4v) is 4.87. The maximum absolute atomic E-state index is 12.6. The maximum Gasteiger partial charge on any atom is 0.251 e. The van der Waals surface area contributed by atoms with Crippen LogP contribution in [0.5, 0.6) is 0 Å². The van der Waals surface area contributed by atoms with Crippen molar-refractivity contribution in [3.05, 3.63) is 84.3 Å². The summed E-state index contributed by atoms with van der Waals surface area (Å²) in [5, 5.41) is 7.67. The molecule has 3 N–H and O–H groups in total. The normalized spacial score (nSPS) is 12.2. The molecular formula is C25H23N5O2S. The number of hydrogen-bond acceptors (Lipinski definition) is 4. The number of nitrogens with zero attached hydrogens (tertiary/aromatic N) is 2.